The van der Waals surface area contributed by atoms with Gasteiger partial charge in [0.25, 0.3) is 0 Å². The predicted octanol–water partition coefficient (Wildman–Crippen LogP) is 1.35. The highest BCUT2D eigenvalue weighted by atomic mass is 16.5. The third kappa shape index (κ3) is 3.31. The van der Waals surface area contributed by atoms with E-state index in [1.165, 1.54) is 0 Å². The topological polar surface area (TPSA) is 79.6 Å². The van der Waals surface area contributed by atoms with Crippen molar-refractivity contribution in [2.45, 2.75) is 20.3 Å². The van der Waals surface area contributed by atoms with E-state index in [0.717, 1.165) is 5.57 Å². The van der Waals surface area contributed by atoms with Crippen molar-refractivity contribution in [3.8, 4) is 5.75 Å². The number of rotatable bonds is 5. The van der Waals surface area contributed by atoms with Crippen LogP contribution in [0.5, 0.6) is 5.75 Å². The third-order valence-corrected chi connectivity index (χ3v) is 3.07. The van der Waals surface area contributed by atoms with E-state index >= 15 is 0 Å². The van der Waals surface area contributed by atoms with Gasteiger partial charge in [0.2, 0.25) is 0 Å². The van der Waals surface area contributed by atoms with Crippen LogP contribution < -0.4 is 15.5 Å². The molecule has 0 fully saturated rings. The Labute approximate surface area is 121 Å². The molecule has 0 bridgehead atoms. The number of aliphatic carboxylic acids is 1. The number of ether oxygens (including phenoxy) is 1. The smallest absolute Gasteiger partial charge is 0.340 e. The van der Waals surface area contributed by atoms with Gasteiger partial charge in [0, 0.05) is 29.4 Å². The molecule has 0 radical (unpaired) electrons. The summed E-state index contributed by atoms with van der Waals surface area (Å²) in [7, 11) is 0. The van der Waals surface area contributed by atoms with Crippen LogP contribution in [0.15, 0.2) is 39.6 Å². The molecule has 0 spiro atoms. The van der Waals surface area contributed by atoms with E-state index in [9.17, 15) is 14.7 Å². The molecule has 5 nitrogen and oxygen atoms in total. The second kappa shape index (κ2) is 5.83. The number of hydrogen-bond donors (Lipinski definition) is 0. The lowest BCUT2D eigenvalue weighted by Gasteiger charge is -2.10. The zero-order chi connectivity index (χ0) is 15.6. The normalized spacial score (nSPS) is 10.6. The van der Waals surface area contributed by atoms with Gasteiger partial charge in [0.15, 0.2) is 0 Å². The Morgan fingerprint density at radius 2 is 2.14 bits per heavy atom. The molecule has 2 aromatic rings. The van der Waals surface area contributed by atoms with Crippen LogP contribution in [-0.4, -0.2) is 12.6 Å². The number of carboxylic acids is 1. The molecule has 0 saturated carbocycles. The molecule has 0 aliphatic rings. The summed E-state index contributed by atoms with van der Waals surface area (Å²) < 4.78 is 10.7. The highest BCUT2D eigenvalue weighted by molar-refractivity contribution is 5.83. The molecular formula is C16H15O5-. The minimum Gasteiger partial charge on any atom is -0.550 e. The first-order valence-corrected chi connectivity index (χ1v) is 6.42. The van der Waals surface area contributed by atoms with Crippen LogP contribution in [0.1, 0.15) is 18.1 Å². The molecule has 0 N–H and O–H groups in total. The summed E-state index contributed by atoms with van der Waals surface area (Å²) in [5.74, 6) is -0.758. The van der Waals surface area contributed by atoms with E-state index in [4.69, 9.17) is 9.15 Å². The Morgan fingerprint density at radius 3 is 2.76 bits per heavy atom. The molecule has 110 valence electrons. The molecule has 0 saturated heterocycles. The second-order valence-electron chi connectivity index (χ2n) is 4.95. The Balaban J connectivity index is 2.48. The molecule has 1 aromatic heterocycles. The van der Waals surface area contributed by atoms with Gasteiger partial charge in [0.1, 0.15) is 17.9 Å². The van der Waals surface area contributed by atoms with Crippen molar-refractivity contribution in [1.82, 2.24) is 0 Å². The van der Waals surface area contributed by atoms with E-state index < -0.39 is 18.0 Å². The van der Waals surface area contributed by atoms with Gasteiger partial charge < -0.3 is 19.1 Å². The van der Waals surface area contributed by atoms with Gasteiger partial charge in [-0.05, 0) is 37.1 Å². The zero-order valence-corrected chi connectivity index (χ0v) is 11.9. The second-order valence-corrected chi connectivity index (χ2v) is 4.95. The molecule has 1 heterocycles. The number of fused-ring (bicyclic) bond motifs is 1. The Kier molecular flexibility index (Phi) is 4.12. The van der Waals surface area contributed by atoms with Crippen molar-refractivity contribution < 1.29 is 19.1 Å². The molecule has 0 aliphatic carbocycles. The predicted molar refractivity (Wildman–Crippen MR) is 76.2 cm³/mol. The van der Waals surface area contributed by atoms with Gasteiger partial charge in [-0.25, -0.2) is 4.79 Å². The van der Waals surface area contributed by atoms with Gasteiger partial charge >= 0.3 is 5.63 Å². The quantitative estimate of drug-likeness (QED) is 0.612. The summed E-state index contributed by atoms with van der Waals surface area (Å²) in [4.78, 5) is 22.5. The molecule has 0 amide bonds. The lowest BCUT2D eigenvalue weighted by Crippen LogP contribution is -2.27. The molecule has 0 atom stereocenters. The molecule has 0 aliphatic heterocycles. The maximum Gasteiger partial charge on any atom is 0.340 e. The van der Waals surface area contributed by atoms with Gasteiger partial charge in [0.05, 0.1) is 0 Å². The Hall–Kier alpha value is -2.56. The van der Waals surface area contributed by atoms with Crippen molar-refractivity contribution in [3.05, 3.63) is 51.9 Å². The minimum atomic E-state index is -1.31. The van der Waals surface area contributed by atoms with Crippen LogP contribution in [0, 0.1) is 6.92 Å². The van der Waals surface area contributed by atoms with Crippen LogP contribution in [0.3, 0.4) is 0 Å². The third-order valence-electron chi connectivity index (χ3n) is 3.07. The Bertz CT molecular complexity index is 770. The number of benzene rings is 1. The molecular weight excluding hydrogens is 272 g/mol. The molecule has 5 heteroatoms. The summed E-state index contributed by atoms with van der Waals surface area (Å²) in [6.07, 6.45) is -0.460. The van der Waals surface area contributed by atoms with Crippen LogP contribution in [0.25, 0.3) is 11.0 Å². The number of hydrogen-bond acceptors (Lipinski definition) is 5. The van der Waals surface area contributed by atoms with E-state index in [-0.39, 0.29) is 5.56 Å². The average Bonchev–Trinajstić information content (AvgIpc) is 2.40. The van der Waals surface area contributed by atoms with Crippen LogP contribution in [-0.2, 0) is 11.2 Å². The Morgan fingerprint density at radius 1 is 1.43 bits per heavy atom. The summed E-state index contributed by atoms with van der Waals surface area (Å²) in [5.41, 5.74) is 1.26. The standard InChI is InChI=1S/C16H16O5/c1-9(2)8-20-11-4-5-12-10(3)13(7-15(17)18)16(19)21-14(12)6-11/h4-6H,1,7-8H2,2-3H3,(H,17,18)/p-1. The fourth-order valence-corrected chi connectivity index (χ4v) is 2.02. The SMILES string of the molecule is C=C(C)COc1ccc2c(C)c(CC(=O)[O-])c(=O)oc2c1. The van der Waals surface area contributed by atoms with E-state index in [0.29, 0.717) is 28.9 Å². The first kappa shape index (κ1) is 14.8. The highest BCUT2D eigenvalue weighted by Gasteiger charge is 2.12. The van der Waals surface area contributed by atoms with Gasteiger partial charge in [-0.2, -0.15) is 0 Å². The van der Waals surface area contributed by atoms with Crippen molar-refractivity contribution in [1.29, 1.82) is 0 Å². The maximum absolute atomic E-state index is 11.9. The summed E-state index contributed by atoms with van der Waals surface area (Å²) in [6, 6.07) is 5.08. The largest absolute Gasteiger partial charge is 0.550 e. The fraction of sp³-hybridized carbons (Fsp3) is 0.250. The first-order chi connectivity index (χ1) is 9.88. The monoisotopic (exact) mass is 287 g/mol. The molecule has 21 heavy (non-hydrogen) atoms. The van der Waals surface area contributed by atoms with Gasteiger partial charge in [-0.15, -0.1) is 0 Å². The fourth-order valence-electron chi connectivity index (χ4n) is 2.02. The summed E-state index contributed by atoms with van der Waals surface area (Å²) in [5, 5.41) is 11.4. The van der Waals surface area contributed by atoms with E-state index in [1.807, 2.05) is 6.92 Å². The van der Waals surface area contributed by atoms with Crippen LogP contribution in [0.2, 0.25) is 0 Å². The van der Waals surface area contributed by atoms with Crippen molar-refractivity contribution in [2.75, 3.05) is 6.61 Å². The highest BCUT2D eigenvalue weighted by Crippen LogP contribution is 2.24. The van der Waals surface area contributed by atoms with Crippen LogP contribution >= 0.6 is 0 Å². The van der Waals surface area contributed by atoms with Crippen molar-refractivity contribution in [3.63, 3.8) is 0 Å². The average molecular weight is 287 g/mol. The maximum atomic E-state index is 11.9. The molecule has 0 unspecified atom stereocenters. The zero-order valence-electron chi connectivity index (χ0n) is 11.9. The number of aryl methyl sites for hydroxylation is 1. The first-order valence-electron chi connectivity index (χ1n) is 6.42. The lowest BCUT2D eigenvalue weighted by molar-refractivity contribution is -0.304. The number of carboxylic acid groups (broad SMARTS) is 1. The number of carbonyl (C=O) groups is 1. The van der Waals surface area contributed by atoms with E-state index in [1.54, 1.807) is 25.1 Å². The van der Waals surface area contributed by atoms with E-state index in [2.05, 4.69) is 6.58 Å². The summed E-state index contributed by atoms with van der Waals surface area (Å²) in [6.45, 7) is 7.64. The van der Waals surface area contributed by atoms with Crippen molar-refractivity contribution >= 4 is 16.9 Å². The minimum absolute atomic E-state index is 0.109. The molecule has 2 rings (SSSR count). The van der Waals surface area contributed by atoms with Gasteiger partial charge in [-0.3, -0.25) is 0 Å². The summed E-state index contributed by atoms with van der Waals surface area (Å²) >= 11 is 0. The van der Waals surface area contributed by atoms with Gasteiger partial charge in [-0.1, -0.05) is 6.58 Å². The van der Waals surface area contributed by atoms with Crippen molar-refractivity contribution in [2.24, 2.45) is 0 Å². The lowest BCUT2D eigenvalue weighted by atomic mass is 10.0. The van der Waals surface area contributed by atoms with Crippen LogP contribution in [0.4, 0.5) is 0 Å². The molecule has 1 aromatic carbocycles. The number of carbonyl (C=O) groups excluding carboxylic acids is 1.